The summed E-state index contributed by atoms with van der Waals surface area (Å²) in [7, 11) is -10.6. The highest BCUT2D eigenvalue weighted by molar-refractivity contribution is 6.98. The summed E-state index contributed by atoms with van der Waals surface area (Å²) < 4.78 is 54.2. The van der Waals surface area contributed by atoms with Crippen molar-refractivity contribution in [3.8, 4) is 0 Å². The lowest BCUT2D eigenvalue weighted by molar-refractivity contribution is 0.232. The number of hydrogen-bond donors (Lipinski definition) is 0. The molecule has 0 amide bonds. The first-order valence-corrected chi connectivity index (χ1v) is 20.0. The zero-order valence-electron chi connectivity index (χ0n) is 19.4. The van der Waals surface area contributed by atoms with E-state index in [2.05, 4.69) is 0 Å². The molecule has 0 atom stereocenters. The first-order valence-electron chi connectivity index (χ1n) is 9.69. The summed E-state index contributed by atoms with van der Waals surface area (Å²) >= 11 is 0. The molecular weight excluding hydrogens is 428 g/mol. The Morgan fingerprint density at radius 1 is 0.714 bits per heavy atom. The van der Waals surface area contributed by atoms with Gasteiger partial charge in [-0.2, -0.15) is 0 Å². The molecule has 0 aliphatic rings. The maximum Gasteiger partial charge on any atom is 0.538 e. The first-order chi connectivity index (χ1) is 12.3. The van der Waals surface area contributed by atoms with Crippen molar-refractivity contribution in [3.05, 3.63) is 30.3 Å². The predicted molar refractivity (Wildman–Crippen MR) is 125 cm³/mol. The maximum absolute atomic E-state index is 17.5. The van der Waals surface area contributed by atoms with E-state index >= 15 is 12.3 Å². The van der Waals surface area contributed by atoms with Crippen molar-refractivity contribution in [2.45, 2.75) is 65.6 Å². The third-order valence-electron chi connectivity index (χ3n) is 5.22. The Balaban J connectivity index is 3.86. The number of halogens is 3. The lowest BCUT2D eigenvalue weighted by Gasteiger charge is -2.57. The minimum atomic E-state index is -5.28. The lowest BCUT2D eigenvalue weighted by atomic mass is 10.1. The largest absolute Gasteiger partial charge is 0.538 e. The van der Waals surface area contributed by atoms with Crippen LogP contribution < -0.4 is 5.19 Å². The number of nitrogens with zero attached hydrogens (tertiary/aromatic N) is 3. The summed E-state index contributed by atoms with van der Waals surface area (Å²) in [5.74, 6) is 0. The van der Waals surface area contributed by atoms with Crippen molar-refractivity contribution in [2.75, 3.05) is 14.1 Å². The summed E-state index contributed by atoms with van der Waals surface area (Å²) in [6.07, 6.45) is 0. The van der Waals surface area contributed by atoms with E-state index in [9.17, 15) is 0 Å². The summed E-state index contributed by atoms with van der Waals surface area (Å²) in [5, 5.41) is -0.0348. The summed E-state index contributed by atoms with van der Waals surface area (Å²) in [6, 6.07) is 7.84. The fourth-order valence-corrected chi connectivity index (χ4v) is 18.7. The van der Waals surface area contributed by atoms with E-state index in [0.717, 1.165) is 4.23 Å². The zero-order chi connectivity index (χ0) is 22.3. The molecular formula is C18H38F3N3Si4. The molecule has 1 rings (SSSR count). The topological polar surface area (TPSA) is 9.72 Å². The second-order valence-electron chi connectivity index (χ2n) is 10.4. The first kappa shape index (κ1) is 25.8. The molecule has 162 valence electrons. The summed E-state index contributed by atoms with van der Waals surface area (Å²) in [5.41, 5.74) is -1.02. The molecule has 0 saturated carbocycles. The molecule has 0 bridgehead atoms. The van der Waals surface area contributed by atoms with Gasteiger partial charge in [0.05, 0.1) is 0 Å². The van der Waals surface area contributed by atoms with Gasteiger partial charge in [0.1, 0.15) is 16.5 Å². The van der Waals surface area contributed by atoms with E-state index in [-0.39, 0.29) is 5.19 Å². The minimum Gasteiger partial charge on any atom is -0.299 e. The van der Waals surface area contributed by atoms with Crippen LogP contribution >= 0.6 is 0 Å². The van der Waals surface area contributed by atoms with E-state index in [1.54, 1.807) is 61.5 Å². The van der Waals surface area contributed by atoms with E-state index in [1.165, 1.54) is 12.1 Å². The minimum absolute atomic E-state index is 0.0348. The quantitative estimate of drug-likeness (QED) is 0.423. The molecule has 1 aromatic carbocycles. The van der Waals surface area contributed by atoms with Crippen LogP contribution in [0.1, 0.15) is 20.8 Å². The van der Waals surface area contributed by atoms with Crippen molar-refractivity contribution in [2.24, 2.45) is 0 Å². The van der Waals surface area contributed by atoms with Gasteiger partial charge < -0.3 is 0 Å². The van der Waals surface area contributed by atoms with Gasteiger partial charge in [-0.05, 0) is 34.9 Å². The fourth-order valence-electron chi connectivity index (χ4n) is 3.17. The van der Waals surface area contributed by atoms with Gasteiger partial charge in [0.15, 0.2) is 0 Å². The Bertz CT molecular complexity index is 635. The van der Waals surface area contributed by atoms with Gasteiger partial charge in [0.25, 0.3) is 0 Å². The van der Waals surface area contributed by atoms with E-state index in [4.69, 9.17) is 0 Å². The molecule has 0 N–H and O–H groups in total. The second-order valence-corrected chi connectivity index (χ2v) is 26.8. The van der Waals surface area contributed by atoms with Gasteiger partial charge in [0, 0.05) is 10.7 Å². The number of hydrogen-bond acceptors (Lipinski definition) is 3. The summed E-state index contributed by atoms with van der Waals surface area (Å²) in [4.78, 5) is 0. The monoisotopic (exact) mass is 465 g/mol. The molecule has 0 aliphatic carbocycles. The zero-order valence-corrected chi connectivity index (χ0v) is 23.4. The molecule has 0 aliphatic heterocycles. The molecule has 0 aromatic heterocycles. The highest BCUT2D eigenvalue weighted by Crippen LogP contribution is 2.38. The molecule has 0 fully saturated rings. The molecule has 0 spiro atoms. The van der Waals surface area contributed by atoms with Crippen molar-refractivity contribution in [3.63, 3.8) is 0 Å². The molecule has 0 radical (unpaired) electrons. The molecule has 1 aromatic rings. The van der Waals surface area contributed by atoms with Gasteiger partial charge in [-0.25, -0.2) is 12.4 Å². The lowest BCUT2D eigenvalue weighted by Crippen LogP contribution is -2.86. The van der Waals surface area contributed by atoms with Crippen LogP contribution in [0.3, 0.4) is 0 Å². The van der Waals surface area contributed by atoms with Crippen molar-refractivity contribution in [1.29, 1.82) is 0 Å². The van der Waals surface area contributed by atoms with Gasteiger partial charge in [-0.1, -0.05) is 69.6 Å². The van der Waals surface area contributed by atoms with Gasteiger partial charge >= 0.3 is 17.8 Å². The standard InChI is InChI=1S/C18H38F3N3Si4/c1-18(2,3)24(27(19,20)17-15-13-12-14-16-17)28(21,22(4)25(6,7)8)23(5)26(9,10)11/h12-16H,1-11H3. The normalized spacial score (nSPS) is 15.0. The van der Waals surface area contributed by atoms with Crippen molar-refractivity contribution >= 4 is 39.5 Å². The highest BCUT2D eigenvalue weighted by Gasteiger charge is 2.68. The van der Waals surface area contributed by atoms with Crippen LogP contribution in [0.25, 0.3) is 0 Å². The molecule has 0 unspecified atom stereocenters. The van der Waals surface area contributed by atoms with Crippen LogP contribution in [-0.2, 0) is 0 Å². The molecule has 0 saturated heterocycles. The van der Waals surface area contributed by atoms with Crippen LogP contribution in [0.15, 0.2) is 30.3 Å². The van der Waals surface area contributed by atoms with Crippen LogP contribution in [0.5, 0.6) is 0 Å². The molecule has 28 heavy (non-hydrogen) atoms. The smallest absolute Gasteiger partial charge is 0.299 e. The SMILES string of the molecule is CN([Si](C)(C)C)[Si](F)(N(C)[Si](C)(C)C)N(C(C)(C)C)[Si](F)(F)c1ccccc1. The Morgan fingerprint density at radius 2 is 1.07 bits per heavy atom. The number of rotatable bonds is 7. The molecule has 0 heterocycles. The number of benzene rings is 1. The van der Waals surface area contributed by atoms with E-state index in [1.807, 2.05) is 39.3 Å². The summed E-state index contributed by atoms with van der Waals surface area (Å²) in [6.45, 7) is 17.3. The van der Waals surface area contributed by atoms with Gasteiger partial charge in [-0.3, -0.25) is 12.6 Å². The van der Waals surface area contributed by atoms with Crippen LogP contribution in [-0.4, -0.2) is 66.6 Å². The Hall–Kier alpha value is -0.242. The van der Waals surface area contributed by atoms with E-state index in [0.29, 0.717) is 0 Å². The van der Waals surface area contributed by atoms with E-state index < -0.39 is 39.8 Å². The second kappa shape index (κ2) is 8.12. The van der Waals surface area contributed by atoms with Gasteiger partial charge in [-0.15, -0.1) is 0 Å². The Morgan fingerprint density at radius 3 is 1.36 bits per heavy atom. The molecule has 10 heteroatoms. The van der Waals surface area contributed by atoms with Crippen LogP contribution in [0.2, 0.25) is 39.3 Å². The predicted octanol–water partition coefficient (Wildman–Crippen LogP) is 4.81. The average Bonchev–Trinajstić information content (AvgIpc) is 2.50. The molecule has 3 nitrogen and oxygen atoms in total. The Kier molecular flexibility index (Phi) is 7.48. The van der Waals surface area contributed by atoms with Crippen LogP contribution in [0, 0.1) is 0 Å². The third-order valence-corrected chi connectivity index (χ3v) is 21.9. The third kappa shape index (κ3) is 5.08. The Labute approximate surface area is 174 Å². The van der Waals surface area contributed by atoms with Crippen molar-refractivity contribution < 1.29 is 12.3 Å². The highest BCUT2D eigenvalue weighted by atomic mass is 28.5. The van der Waals surface area contributed by atoms with Gasteiger partial charge in [0.2, 0.25) is 0 Å². The fraction of sp³-hybridized carbons (Fsp3) is 0.667. The van der Waals surface area contributed by atoms with Crippen LogP contribution in [0.4, 0.5) is 12.3 Å². The maximum atomic E-state index is 17.5. The average molecular weight is 466 g/mol. The van der Waals surface area contributed by atoms with Crippen molar-refractivity contribution in [1.82, 2.24) is 12.7 Å².